The fourth-order valence-electron chi connectivity index (χ4n) is 3.09. The minimum Gasteiger partial charge on any atom is -0.432 e. The van der Waals surface area contributed by atoms with Gasteiger partial charge >= 0.3 is 6.61 Å². The van der Waals surface area contributed by atoms with Gasteiger partial charge in [-0.3, -0.25) is 4.57 Å². The Hall–Kier alpha value is -3.89. The lowest BCUT2D eigenvalue weighted by molar-refractivity contribution is -0.0521. The standard InChI is InChI=1S/C20H16F4N6O/c1-2-18-27-13-5-3-10(21)7-14(13)30(18)20-28-16(25)9-17(29-20)26-11-4-6-15(12(22)8-11)31-19(23)24/h3-9,19H,2H2,1H3,(H3,25,26,28,29). The fraction of sp³-hybridized carbons (Fsp3) is 0.150. The fourth-order valence-corrected chi connectivity index (χ4v) is 3.09. The summed E-state index contributed by atoms with van der Waals surface area (Å²) < 4.78 is 58.1. The van der Waals surface area contributed by atoms with E-state index in [1.54, 1.807) is 10.6 Å². The van der Waals surface area contributed by atoms with Crippen LogP contribution < -0.4 is 15.8 Å². The van der Waals surface area contributed by atoms with Crippen LogP contribution in [0.5, 0.6) is 5.75 Å². The predicted molar refractivity (Wildman–Crippen MR) is 107 cm³/mol. The molecule has 0 atom stereocenters. The van der Waals surface area contributed by atoms with E-state index in [-0.39, 0.29) is 23.3 Å². The van der Waals surface area contributed by atoms with Crippen molar-refractivity contribution in [3.63, 3.8) is 0 Å². The second-order valence-electron chi connectivity index (χ2n) is 6.48. The molecular weight excluding hydrogens is 416 g/mol. The molecule has 7 nitrogen and oxygen atoms in total. The lowest BCUT2D eigenvalue weighted by atomic mass is 10.3. The number of ether oxygens (including phenoxy) is 1. The number of anilines is 3. The molecule has 0 aliphatic carbocycles. The number of alkyl halides is 2. The third kappa shape index (κ3) is 4.20. The smallest absolute Gasteiger partial charge is 0.387 e. The van der Waals surface area contributed by atoms with Gasteiger partial charge in [0, 0.05) is 30.3 Å². The molecule has 0 saturated carbocycles. The Labute approximate surface area is 173 Å². The van der Waals surface area contributed by atoms with E-state index in [9.17, 15) is 17.6 Å². The van der Waals surface area contributed by atoms with Crippen molar-refractivity contribution in [3.8, 4) is 11.7 Å². The van der Waals surface area contributed by atoms with Crippen LogP contribution in [0.2, 0.25) is 0 Å². The zero-order valence-corrected chi connectivity index (χ0v) is 16.1. The monoisotopic (exact) mass is 432 g/mol. The lowest BCUT2D eigenvalue weighted by Crippen LogP contribution is -2.09. The van der Waals surface area contributed by atoms with Crippen LogP contribution in [-0.2, 0) is 6.42 Å². The number of nitrogens with zero attached hydrogens (tertiary/aromatic N) is 4. The van der Waals surface area contributed by atoms with E-state index < -0.39 is 24.0 Å². The highest BCUT2D eigenvalue weighted by Gasteiger charge is 2.16. The maximum atomic E-state index is 14.0. The molecule has 0 fully saturated rings. The molecule has 0 spiro atoms. The Morgan fingerprint density at radius 3 is 2.58 bits per heavy atom. The second kappa shape index (κ2) is 8.09. The molecule has 31 heavy (non-hydrogen) atoms. The van der Waals surface area contributed by atoms with E-state index in [4.69, 9.17) is 5.73 Å². The highest BCUT2D eigenvalue weighted by atomic mass is 19.3. The van der Waals surface area contributed by atoms with E-state index in [1.807, 2.05) is 6.92 Å². The van der Waals surface area contributed by atoms with Crippen molar-refractivity contribution in [2.75, 3.05) is 11.1 Å². The maximum Gasteiger partial charge on any atom is 0.387 e. The average molecular weight is 432 g/mol. The molecule has 2 heterocycles. The molecule has 0 unspecified atom stereocenters. The number of nitrogen functional groups attached to an aromatic ring is 1. The third-order valence-electron chi connectivity index (χ3n) is 4.36. The summed E-state index contributed by atoms with van der Waals surface area (Å²) in [6.45, 7) is -1.26. The first-order chi connectivity index (χ1) is 14.8. The molecule has 4 rings (SSSR count). The Morgan fingerprint density at radius 2 is 1.87 bits per heavy atom. The topological polar surface area (TPSA) is 90.9 Å². The number of fused-ring (bicyclic) bond motifs is 1. The van der Waals surface area contributed by atoms with Crippen LogP contribution in [0.1, 0.15) is 12.7 Å². The molecule has 2 aromatic carbocycles. The number of halogens is 4. The molecule has 3 N–H and O–H groups in total. The van der Waals surface area contributed by atoms with E-state index in [2.05, 4.69) is 25.0 Å². The van der Waals surface area contributed by atoms with E-state index in [0.717, 1.165) is 12.1 Å². The molecule has 0 aliphatic rings. The summed E-state index contributed by atoms with van der Waals surface area (Å²) in [5, 5.41) is 2.84. The van der Waals surface area contributed by atoms with Crippen LogP contribution in [0.4, 0.5) is 34.9 Å². The van der Waals surface area contributed by atoms with Gasteiger partial charge in [0.05, 0.1) is 11.0 Å². The van der Waals surface area contributed by atoms with E-state index in [1.165, 1.54) is 24.3 Å². The Bertz CT molecular complexity index is 1260. The van der Waals surface area contributed by atoms with Gasteiger partial charge in [-0.15, -0.1) is 0 Å². The minimum atomic E-state index is -3.14. The summed E-state index contributed by atoms with van der Waals surface area (Å²) in [5.74, 6) is -0.946. The van der Waals surface area contributed by atoms with Gasteiger partial charge in [0.1, 0.15) is 23.3 Å². The summed E-state index contributed by atoms with van der Waals surface area (Å²) in [6.07, 6.45) is 0.522. The molecule has 0 bridgehead atoms. The molecule has 4 aromatic rings. The Kier molecular flexibility index (Phi) is 5.32. The summed E-state index contributed by atoms with van der Waals surface area (Å²) in [7, 11) is 0. The molecule has 2 aromatic heterocycles. The number of hydrogen-bond acceptors (Lipinski definition) is 6. The van der Waals surface area contributed by atoms with E-state index in [0.29, 0.717) is 23.3 Å². The van der Waals surface area contributed by atoms with E-state index >= 15 is 0 Å². The van der Waals surface area contributed by atoms with Crippen molar-refractivity contribution in [3.05, 3.63) is 59.9 Å². The number of benzene rings is 2. The van der Waals surface area contributed by atoms with Crippen LogP contribution in [0, 0.1) is 11.6 Å². The quantitative estimate of drug-likeness (QED) is 0.434. The van der Waals surface area contributed by atoms with Gasteiger partial charge in [-0.2, -0.15) is 18.7 Å². The summed E-state index contributed by atoms with van der Waals surface area (Å²) in [6, 6.07) is 8.98. The minimum absolute atomic E-state index is 0.103. The predicted octanol–water partition coefficient (Wildman–Crippen LogP) is 4.58. The van der Waals surface area contributed by atoms with Crippen molar-refractivity contribution in [2.45, 2.75) is 20.0 Å². The van der Waals surface area contributed by atoms with Crippen molar-refractivity contribution >= 4 is 28.4 Å². The van der Waals surface area contributed by atoms with Gasteiger partial charge < -0.3 is 15.8 Å². The van der Waals surface area contributed by atoms with Crippen LogP contribution in [0.3, 0.4) is 0 Å². The molecule has 160 valence electrons. The summed E-state index contributed by atoms with van der Waals surface area (Å²) in [5.41, 5.74) is 7.17. The first-order valence-corrected chi connectivity index (χ1v) is 9.17. The van der Waals surface area contributed by atoms with Crippen molar-refractivity contribution in [1.82, 2.24) is 19.5 Å². The van der Waals surface area contributed by atoms with Crippen LogP contribution in [-0.4, -0.2) is 26.1 Å². The normalized spacial score (nSPS) is 11.3. The third-order valence-corrected chi connectivity index (χ3v) is 4.36. The number of imidazole rings is 1. The molecule has 11 heteroatoms. The maximum absolute atomic E-state index is 14.0. The lowest BCUT2D eigenvalue weighted by Gasteiger charge is -2.12. The zero-order valence-electron chi connectivity index (χ0n) is 16.1. The van der Waals surface area contributed by atoms with Crippen LogP contribution >= 0.6 is 0 Å². The zero-order chi connectivity index (χ0) is 22.1. The largest absolute Gasteiger partial charge is 0.432 e. The molecule has 0 radical (unpaired) electrons. The van der Waals surface area contributed by atoms with Gasteiger partial charge in [-0.25, -0.2) is 13.8 Å². The number of nitrogens with two attached hydrogens (primary N) is 1. The number of aryl methyl sites for hydroxylation is 1. The summed E-state index contributed by atoms with van der Waals surface area (Å²) in [4.78, 5) is 13.1. The first kappa shape index (κ1) is 20.4. The van der Waals surface area contributed by atoms with Gasteiger partial charge in [-0.05, 0) is 24.3 Å². The summed E-state index contributed by atoms with van der Waals surface area (Å²) >= 11 is 0. The molecule has 0 saturated heterocycles. The van der Waals surface area contributed by atoms with Crippen molar-refractivity contribution in [1.29, 1.82) is 0 Å². The Morgan fingerprint density at radius 1 is 1.06 bits per heavy atom. The average Bonchev–Trinajstić information content (AvgIpc) is 3.07. The van der Waals surface area contributed by atoms with Gasteiger partial charge in [0.2, 0.25) is 5.95 Å². The Balaban J connectivity index is 1.73. The molecular formula is C20H16F4N6O. The van der Waals surface area contributed by atoms with Crippen molar-refractivity contribution in [2.24, 2.45) is 0 Å². The van der Waals surface area contributed by atoms with Crippen molar-refractivity contribution < 1.29 is 22.3 Å². The van der Waals surface area contributed by atoms with Gasteiger partial charge in [-0.1, -0.05) is 6.92 Å². The number of nitrogens with one attached hydrogen (secondary N) is 1. The molecule has 0 amide bonds. The number of aromatic nitrogens is 4. The highest BCUT2D eigenvalue weighted by Crippen LogP contribution is 2.26. The van der Waals surface area contributed by atoms with Crippen LogP contribution in [0.25, 0.3) is 17.0 Å². The molecule has 0 aliphatic heterocycles. The SMILES string of the molecule is CCc1nc2ccc(F)cc2n1-c1nc(N)cc(Nc2ccc(OC(F)F)c(F)c2)n1. The first-order valence-electron chi connectivity index (χ1n) is 9.17. The van der Waals surface area contributed by atoms with Gasteiger partial charge in [0.15, 0.2) is 11.6 Å². The highest BCUT2D eigenvalue weighted by molar-refractivity contribution is 5.78. The van der Waals surface area contributed by atoms with Gasteiger partial charge in [0.25, 0.3) is 0 Å². The number of rotatable bonds is 6. The second-order valence-corrected chi connectivity index (χ2v) is 6.48. The number of hydrogen-bond donors (Lipinski definition) is 2. The van der Waals surface area contributed by atoms with Crippen LogP contribution in [0.15, 0.2) is 42.5 Å².